The van der Waals surface area contributed by atoms with Crippen molar-refractivity contribution in [2.75, 3.05) is 6.61 Å². The lowest BCUT2D eigenvalue weighted by atomic mass is 10.1. The molecule has 4 heteroatoms. The molecule has 0 saturated heterocycles. The summed E-state index contributed by atoms with van der Waals surface area (Å²) in [6.45, 7) is 2.43. The Balaban J connectivity index is 1.63. The van der Waals surface area contributed by atoms with Crippen LogP contribution in [0.3, 0.4) is 0 Å². The third-order valence-electron chi connectivity index (χ3n) is 3.65. The molecule has 2 aromatic carbocycles. The quantitative estimate of drug-likeness (QED) is 0.791. The van der Waals surface area contributed by atoms with Crippen molar-refractivity contribution in [3.05, 3.63) is 63.1 Å². The SMILES string of the molecule is ClCc1ccc(CNCc2cc(Br)cc3c2OCC3)cc1. The minimum Gasteiger partial charge on any atom is -0.493 e. The van der Waals surface area contributed by atoms with Crippen molar-refractivity contribution in [2.24, 2.45) is 0 Å². The Morgan fingerprint density at radius 1 is 1.10 bits per heavy atom. The molecule has 2 nitrogen and oxygen atoms in total. The van der Waals surface area contributed by atoms with Gasteiger partial charge in [-0.05, 0) is 28.8 Å². The third-order valence-corrected chi connectivity index (χ3v) is 4.41. The van der Waals surface area contributed by atoms with Gasteiger partial charge in [0.1, 0.15) is 5.75 Å². The van der Waals surface area contributed by atoms with E-state index in [1.807, 2.05) is 0 Å². The predicted molar refractivity (Wildman–Crippen MR) is 89.9 cm³/mol. The Morgan fingerprint density at radius 3 is 2.62 bits per heavy atom. The number of hydrogen-bond acceptors (Lipinski definition) is 2. The Kier molecular flexibility index (Phi) is 4.84. The van der Waals surface area contributed by atoms with Crippen molar-refractivity contribution < 1.29 is 4.74 Å². The van der Waals surface area contributed by atoms with Crippen LogP contribution in [0.2, 0.25) is 0 Å². The van der Waals surface area contributed by atoms with Gasteiger partial charge in [0.25, 0.3) is 0 Å². The summed E-state index contributed by atoms with van der Waals surface area (Å²) in [6, 6.07) is 12.7. The van der Waals surface area contributed by atoms with Gasteiger partial charge in [-0.2, -0.15) is 0 Å². The first-order valence-corrected chi connectivity index (χ1v) is 8.37. The molecule has 0 atom stereocenters. The minimum atomic E-state index is 0.565. The van der Waals surface area contributed by atoms with Gasteiger partial charge in [-0.15, -0.1) is 11.6 Å². The summed E-state index contributed by atoms with van der Waals surface area (Å²) >= 11 is 9.37. The van der Waals surface area contributed by atoms with Crippen molar-refractivity contribution in [1.82, 2.24) is 5.32 Å². The standard InChI is InChI=1S/C17H17BrClNO/c18-16-7-14-5-6-21-17(14)15(8-16)11-20-10-13-3-1-12(9-19)2-4-13/h1-4,7-8,20H,5-6,9-11H2. The monoisotopic (exact) mass is 365 g/mol. The van der Waals surface area contributed by atoms with Crippen LogP contribution < -0.4 is 10.1 Å². The maximum Gasteiger partial charge on any atom is 0.127 e. The maximum absolute atomic E-state index is 5.80. The molecule has 3 rings (SSSR count). The highest BCUT2D eigenvalue weighted by molar-refractivity contribution is 9.10. The highest BCUT2D eigenvalue weighted by Crippen LogP contribution is 2.32. The van der Waals surface area contributed by atoms with Crippen molar-refractivity contribution in [3.63, 3.8) is 0 Å². The molecule has 0 fully saturated rings. The highest BCUT2D eigenvalue weighted by atomic mass is 79.9. The minimum absolute atomic E-state index is 0.565. The van der Waals surface area contributed by atoms with Crippen LogP contribution in [-0.2, 0) is 25.4 Å². The van der Waals surface area contributed by atoms with Gasteiger partial charge in [-0.25, -0.2) is 0 Å². The lowest BCUT2D eigenvalue weighted by Crippen LogP contribution is -2.13. The van der Waals surface area contributed by atoms with Gasteiger partial charge in [-0.3, -0.25) is 0 Å². The zero-order valence-corrected chi connectivity index (χ0v) is 14.0. The average Bonchev–Trinajstić information content (AvgIpc) is 2.96. The summed E-state index contributed by atoms with van der Waals surface area (Å²) in [4.78, 5) is 0. The van der Waals surface area contributed by atoms with Crippen LogP contribution in [0.1, 0.15) is 22.3 Å². The molecular weight excluding hydrogens is 350 g/mol. The van der Waals surface area contributed by atoms with E-state index in [0.717, 1.165) is 41.9 Å². The van der Waals surface area contributed by atoms with Crippen molar-refractivity contribution >= 4 is 27.5 Å². The van der Waals surface area contributed by atoms with Crippen LogP contribution >= 0.6 is 27.5 Å². The van der Waals surface area contributed by atoms with Crippen LogP contribution in [0.4, 0.5) is 0 Å². The number of fused-ring (bicyclic) bond motifs is 1. The van der Waals surface area contributed by atoms with Gasteiger partial charge in [-0.1, -0.05) is 40.2 Å². The van der Waals surface area contributed by atoms with Crippen LogP contribution in [0.5, 0.6) is 5.75 Å². The Hall–Kier alpha value is -1.03. The molecule has 2 aromatic rings. The Labute approximate surface area is 138 Å². The molecule has 110 valence electrons. The van der Waals surface area contributed by atoms with Crippen molar-refractivity contribution in [3.8, 4) is 5.75 Å². The van der Waals surface area contributed by atoms with Crippen molar-refractivity contribution in [2.45, 2.75) is 25.4 Å². The molecule has 0 amide bonds. The molecule has 0 saturated carbocycles. The average molecular weight is 367 g/mol. The van der Waals surface area contributed by atoms with Crippen LogP contribution in [0.25, 0.3) is 0 Å². The normalized spacial score (nSPS) is 13.0. The molecule has 0 radical (unpaired) electrons. The Bertz CT molecular complexity index is 627. The van der Waals surface area contributed by atoms with Gasteiger partial charge < -0.3 is 10.1 Å². The first-order valence-electron chi connectivity index (χ1n) is 7.05. The molecule has 0 aromatic heterocycles. The van der Waals surface area contributed by atoms with Gasteiger partial charge in [0.05, 0.1) is 6.61 Å². The second kappa shape index (κ2) is 6.82. The molecule has 1 N–H and O–H groups in total. The molecule has 1 heterocycles. The lowest BCUT2D eigenvalue weighted by molar-refractivity contribution is 0.352. The van der Waals surface area contributed by atoms with E-state index < -0.39 is 0 Å². The molecule has 1 aliphatic rings. The molecule has 0 spiro atoms. The first-order chi connectivity index (χ1) is 10.3. The fourth-order valence-corrected chi connectivity index (χ4v) is 3.30. The van der Waals surface area contributed by atoms with Crippen LogP contribution in [0, 0.1) is 0 Å². The van der Waals surface area contributed by atoms with Gasteiger partial charge >= 0.3 is 0 Å². The van der Waals surface area contributed by atoms with E-state index in [1.165, 1.54) is 16.7 Å². The summed E-state index contributed by atoms with van der Waals surface area (Å²) in [7, 11) is 0. The van der Waals surface area contributed by atoms with Crippen LogP contribution in [-0.4, -0.2) is 6.61 Å². The van der Waals surface area contributed by atoms with Crippen molar-refractivity contribution in [1.29, 1.82) is 0 Å². The predicted octanol–water partition coefficient (Wildman–Crippen LogP) is 4.41. The highest BCUT2D eigenvalue weighted by Gasteiger charge is 2.16. The summed E-state index contributed by atoms with van der Waals surface area (Å²) in [6.07, 6.45) is 1.00. The second-order valence-electron chi connectivity index (χ2n) is 5.21. The fourth-order valence-electron chi connectivity index (χ4n) is 2.57. The van der Waals surface area contributed by atoms with Crippen LogP contribution in [0.15, 0.2) is 40.9 Å². The Morgan fingerprint density at radius 2 is 1.86 bits per heavy atom. The molecular formula is C17H17BrClNO. The number of hydrogen-bond donors (Lipinski definition) is 1. The smallest absolute Gasteiger partial charge is 0.127 e. The first kappa shape index (κ1) is 14.9. The van der Waals surface area contributed by atoms with Gasteiger partial charge in [0.2, 0.25) is 0 Å². The van der Waals surface area contributed by atoms with Gasteiger partial charge in [0.15, 0.2) is 0 Å². The zero-order valence-electron chi connectivity index (χ0n) is 11.7. The second-order valence-corrected chi connectivity index (χ2v) is 6.39. The third kappa shape index (κ3) is 3.60. The number of rotatable bonds is 5. The number of alkyl halides is 1. The van der Waals surface area contributed by atoms with E-state index in [1.54, 1.807) is 0 Å². The van der Waals surface area contributed by atoms with E-state index in [4.69, 9.17) is 16.3 Å². The fraction of sp³-hybridized carbons (Fsp3) is 0.294. The summed E-state index contributed by atoms with van der Waals surface area (Å²) < 4.78 is 6.86. The summed E-state index contributed by atoms with van der Waals surface area (Å²) in [5.41, 5.74) is 4.93. The summed E-state index contributed by atoms with van der Waals surface area (Å²) in [5, 5.41) is 3.48. The van der Waals surface area contributed by atoms with E-state index in [0.29, 0.717) is 5.88 Å². The number of halogens is 2. The number of benzene rings is 2. The van der Waals surface area contributed by atoms with E-state index in [2.05, 4.69) is 57.6 Å². The lowest BCUT2D eigenvalue weighted by Gasteiger charge is -2.10. The zero-order chi connectivity index (χ0) is 14.7. The van der Waals surface area contributed by atoms with Gasteiger partial charge in [0, 0.05) is 35.4 Å². The molecule has 1 aliphatic heterocycles. The van der Waals surface area contributed by atoms with E-state index in [-0.39, 0.29) is 0 Å². The molecule has 21 heavy (non-hydrogen) atoms. The topological polar surface area (TPSA) is 21.3 Å². The number of ether oxygens (including phenoxy) is 1. The largest absolute Gasteiger partial charge is 0.493 e. The molecule has 0 aliphatic carbocycles. The molecule has 0 bridgehead atoms. The maximum atomic E-state index is 5.80. The number of nitrogens with one attached hydrogen (secondary N) is 1. The van der Waals surface area contributed by atoms with E-state index in [9.17, 15) is 0 Å². The van der Waals surface area contributed by atoms with E-state index >= 15 is 0 Å². The molecule has 0 unspecified atom stereocenters. The summed E-state index contributed by atoms with van der Waals surface area (Å²) in [5.74, 6) is 1.62.